The van der Waals surface area contributed by atoms with E-state index in [1.807, 2.05) is 18.2 Å². The average Bonchev–Trinajstić information content (AvgIpc) is 3.12. The van der Waals surface area contributed by atoms with Crippen LogP contribution in [0.4, 0.5) is 14.7 Å². The average molecular weight is 391 g/mol. The minimum absolute atomic E-state index is 0.162. The van der Waals surface area contributed by atoms with E-state index in [9.17, 15) is 13.6 Å². The molecule has 5 rings (SSSR count). The van der Waals surface area contributed by atoms with Crippen molar-refractivity contribution < 1.29 is 13.6 Å². The Morgan fingerprint density at radius 2 is 2.00 bits per heavy atom. The maximum Gasteiger partial charge on any atom is 0.257 e. The molecule has 2 aromatic rings. The molecule has 2 aliphatic carbocycles. The van der Waals surface area contributed by atoms with E-state index in [0.717, 1.165) is 17.9 Å². The van der Waals surface area contributed by atoms with Crippen LogP contribution < -0.4 is 5.32 Å². The fraction of sp³-hybridized carbons (Fsp3) is 0.421. The van der Waals surface area contributed by atoms with E-state index >= 15 is 0 Å². The highest BCUT2D eigenvalue weighted by Gasteiger charge is 2.51. The van der Waals surface area contributed by atoms with Gasteiger partial charge in [0, 0.05) is 36.1 Å². The van der Waals surface area contributed by atoms with Crippen molar-refractivity contribution in [3.63, 3.8) is 0 Å². The van der Waals surface area contributed by atoms with Crippen LogP contribution in [0.15, 0.2) is 24.4 Å². The van der Waals surface area contributed by atoms with Gasteiger partial charge in [-0.2, -0.15) is 0 Å². The van der Waals surface area contributed by atoms with Crippen molar-refractivity contribution in [2.24, 2.45) is 0 Å². The molecule has 0 saturated heterocycles. The van der Waals surface area contributed by atoms with E-state index in [4.69, 9.17) is 11.6 Å². The Morgan fingerprint density at radius 3 is 2.78 bits per heavy atom. The molecule has 0 bridgehead atoms. The van der Waals surface area contributed by atoms with E-state index in [1.54, 1.807) is 0 Å². The summed E-state index contributed by atoms with van der Waals surface area (Å²) in [5.41, 5.74) is 3.49. The summed E-state index contributed by atoms with van der Waals surface area (Å²) < 4.78 is 26.3. The Hall–Kier alpha value is -2.28. The van der Waals surface area contributed by atoms with Crippen molar-refractivity contribution in [3.05, 3.63) is 51.8 Å². The van der Waals surface area contributed by atoms with E-state index in [2.05, 4.69) is 15.3 Å². The molecule has 1 fully saturated rings. The van der Waals surface area contributed by atoms with E-state index in [0.29, 0.717) is 17.2 Å². The minimum Gasteiger partial charge on any atom is -0.351 e. The predicted octanol–water partition coefficient (Wildman–Crippen LogP) is 3.46. The van der Waals surface area contributed by atoms with Crippen molar-refractivity contribution in [3.8, 4) is 0 Å². The van der Waals surface area contributed by atoms with Gasteiger partial charge in [-0.3, -0.25) is 4.79 Å². The maximum atomic E-state index is 13.1. The number of rotatable bonds is 3. The molecule has 1 atom stereocenters. The monoisotopic (exact) mass is 390 g/mol. The number of fused-ring (bicyclic) bond motifs is 2. The molecule has 140 valence electrons. The molecule has 1 saturated carbocycles. The SMILES string of the molecule is O=C1c2cnc(NC3Cc4ccc(Cl)cc4C3)nc2CN1C1CC(F)(F)C1. The number of benzene rings is 1. The molecule has 0 radical (unpaired) electrons. The standard InChI is InChI=1S/C19H17ClF2N4O/c20-12-2-1-10-4-13(5-11(10)3-12)24-18-23-8-15-16(25-18)9-26(17(15)27)14-6-19(21,22)7-14/h1-3,8,13-14H,4-7,9H2,(H,23,24,25). The molecule has 0 spiro atoms. The number of alkyl halides is 2. The largest absolute Gasteiger partial charge is 0.351 e. The highest BCUT2D eigenvalue weighted by Crippen LogP contribution is 2.42. The van der Waals surface area contributed by atoms with Crippen LogP contribution in [0, 0.1) is 0 Å². The number of carbonyl (C=O) groups excluding carboxylic acids is 1. The molecular weight excluding hydrogens is 374 g/mol. The summed E-state index contributed by atoms with van der Waals surface area (Å²) in [6, 6.07) is 5.65. The Balaban J connectivity index is 1.29. The first-order chi connectivity index (χ1) is 12.9. The lowest BCUT2D eigenvalue weighted by molar-refractivity contribution is -0.116. The fourth-order valence-electron chi connectivity index (χ4n) is 4.19. The number of nitrogens with zero attached hydrogens (tertiary/aromatic N) is 3. The van der Waals surface area contributed by atoms with Crippen LogP contribution in [0.25, 0.3) is 0 Å². The van der Waals surface area contributed by atoms with Gasteiger partial charge < -0.3 is 10.2 Å². The zero-order chi connectivity index (χ0) is 18.8. The lowest BCUT2D eigenvalue weighted by Gasteiger charge is -2.40. The predicted molar refractivity (Wildman–Crippen MR) is 96.1 cm³/mol. The van der Waals surface area contributed by atoms with Gasteiger partial charge in [0.05, 0.1) is 17.8 Å². The third-order valence-electron chi connectivity index (χ3n) is 5.62. The second kappa shape index (κ2) is 5.86. The maximum absolute atomic E-state index is 13.1. The molecule has 27 heavy (non-hydrogen) atoms. The Kier molecular flexibility index (Phi) is 3.66. The Labute approximate surface area is 159 Å². The van der Waals surface area contributed by atoms with Gasteiger partial charge in [-0.25, -0.2) is 18.7 Å². The molecule has 1 aromatic carbocycles. The number of halogens is 3. The van der Waals surface area contributed by atoms with Crippen LogP contribution in [-0.4, -0.2) is 38.8 Å². The summed E-state index contributed by atoms with van der Waals surface area (Å²) in [7, 11) is 0. The fourth-order valence-corrected chi connectivity index (χ4v) is 4.38. The number of hydrogen-bond donors (Lipinski definition) is 1. The van der Waals surface area contributed by atoms with Gasteiger partial charge >= 0.3 is 0 Å². The van der Waals surface area contributed by atoms with Gasteiger partial charge in [0.15, 0.2) is 0 Å². The van der Waals surface area contributed by atoms with Crippen molar-refractivity contribution in [2.75, 3.05) is 5.32 Å². The minimum atomic E-state index is -2.65. The second-order valence-electron chi connectivity index (χ2n) is 7.57. The van der Waals surface area contributed by atoms with E-state index in [-0.39, 0.29) is 31.3 Å². The lowest BCUT2D eigenvalue weighted by Crippen LogP contribution is -2.50. The summed E-state index contributed by atoms with van der Waals surface area (Å²) >= 11 is 6.05. The molecule has 3 aliphatic rings. The number of amides is 1. The molecule has 1 amide bonds. The van der Waals surface area contributed by atoms with Crippen molar-refractivity contribution in [1.29, 1.82) is 0 Å². The zero-order valence-corrected chi connectivity index (χ0v) is 15.1. The molecule has 1 aliphatic heterocycles. The molecule has 8 heteroatoms. The summed E-state index contributed by atoms with van der Waals surface area (Å²) in [6.07, 6.45) is 2.65. The van der Waals surface area contributed by atoms with Gasteiger partial charge in [-0.05, 0) is 36.1 Å². The smallest absolute Gasteiger partial charge is 0.257 e. The number of hydrogen-bond acceptors (Lipinski definition) is 4. The number of carbonyl (C=O) groups is 1. The second-order valence-corrected chi connectivity index (χ2v) is 8.00. The lowest BCUT2D eigenvalue weighted by atomic mass is 9.87. The van der Waals surface area contributed by atoms with Crippen LogP contribution in [-0.2, 0) is 19.4 Å². The van der Waals surface area contributed by atoms with Crippen molar-refractivity contribution in [2.45, 2.75) is 50.2 Å². The van der Waals surface area contributed by atoms with Crippen LogP contribution >= 0.6 is 11.6 Å². The zero-order valence-electron chi connectivity index (χ0n) is 14.4. The van der Waals surface area contributed by atoms with Crippen LogP contribution in [0.5, 0.6) is 0 Å². The third kappa shape index (κ3) is 2.94. The first-order valence-corrected chi connectivity index (χ1v) is 9.34. The summed E-state index contributed by atoms with van der Waals surface area (Å²) in [6.45, 7) is 0.270. The highest BCUT2D eigenvalue weighted by molar-refractivity contribution is 6.30. The van der Waals surface area contributed by atoms with Crippen molar-refractivity contribution >= 4 is 23.5 Å². The molecule has 1 unspecified atom stereocenters. The molecular formula is C19H17ClF2N4O. The molecule has 1 aromatic heterocycles. The number of nitrogens with one attached hydrogen (secondary N) is 1. The third-order valence-corrected chi connectivity index (χ3v) is 5.86. The first-order valence-electron chi connectivity index (χ1n) is 8.96. The number of aromatic nitrogens is 2. The van der Waals surface area contributed by atoms with Gasteiger partial charge in [0.25, 0.3) is 11.8 Å². The Bertz CT molecular complexity index is 943. The van der Waals surface area contributed by atoms with Crippen LogP contribution in [0.3, 0.4) is 0 Å². The quantitative estimate of drug-likeness (QED) is 0.872. The molecule has 2 heterocycles. The number of anilines is 1. The van der Waals surface area contributed by atoms with Gasteiger partial charge in [-0.15, -0.1) is 0 Å². The van der Waals surface area contributed by atoms with Gasteiger partial charge in [0.2, 0.25) is 5.95 Å². The first kappa shape index (κ1) is 16.9. The summed E-state index contributed by atoms with van der Waals surface area (Å²) in [4.78, 5) is 22.7. The molecule has 5 nitrogen and oxygen atoms in total. The topological polar surface area (TPSA) is 58.1 Å². The summed E-state index contributed by atoms with van der Waals surface area (Å²) in [5, 5.41) is 4.05. The Morgan fingerprint density at radius 1 is 1.22 bits per heavy atom. The normalized spacial score (nSPS) is 23.1. The van der Waals surface area contributed by atoms with Crippen molar-refractivity contribution in [1.82, 2.24) is 14.9 Å². The van der Waals surface area contributed by atoms with Crippen LogP contribution in [0.2, 0.25) is 5.02 Å². The van der Waals surface area contributed by atoms with Gasteiger partial charge in [0.1, 0.15) is 0 Å². The highest BCUT2D eigenvalue weighted by atomic mass is 35.5. The van der Waals surface area contributed by atoms with Crippen LogP contribution in [0.1, 0.15) is 40.0 Å². The molecule has 1 N–H and O–H groups in total. The van der Waals surface area contributed by atoms with E-state index in [1.165, 1.54) is 22.2 Å². The van der Waals surface area contributed by atoms with Gasteiger partial charge in [-0.1, -0.05) is 17.7 Å². The summed E-state index contributed by atoms with van der Waals surface area (Å²) in [5.74, 6) is -2.44. The van der Waals surface area contributed by atoms with E-state index < -0.39 is 12.0 Å².